The largest absolute Gasteiger partial charge is 0.434 e. The van der Waals surface area contributed by atoms with Gasteiger partial charge in [0.15, 0.2) is 10.8 Å². The summed E-state index contributed by atoms with van der Waals surface area (Å²) >= 11 is 2.58. The van der Waals surface area contributed by atoms with E-state index < -0.39 is 22.9 Å². The van der Waals surface area contributed by atoms with Crippen LogP contribution in [-0.4, -0.2) is 58.9 Å². The van der Waals surface area contributed by atoms with Gasteiger partial charge in [0.2, 0.25) is 0 Å². The summed E-state index contributed by atoms with van der Waals surface area (Å²) in [6.45, 7) is 2.52. The summed E-state index contributed by atoms with van der Waals surface area (Å²) in [6, 6.07) is 14.4. The Morgan fingerprint density at radius 1 is 1.11 bits per heavy atom. The van der Waals surface area contributed by atoms with Crippen molar-refractivity contribution >= 4 is 56.7 Å². The minimum Gasteiger partial charge on any atom is -0.345 e. The van der Waals surface area contributed by atoms with E-state index in [1.54, 1.807) is 49.5 Å². The highest BCUT2D eigenvalue weighted by Crippen LogP contribution is 2.34. The fourth-order valence-electron chi connectivity index (χ4n) is 3.54. The molecule has 1 N–H and O–H groups in total. The standard InChI is InChI=1S/C23H24F3N5O2S3/c1-29(36(2)33)19-6-4-3-5-18(19)21(32)27-16-7-9-17(10-8-16)35-31-13-11-30(12-14-31)22-28-20(15-34-22)23(24,25)26/h3-10,15H,11-14H2,1-2H3,(H,27,32). The molecule has 4 rings (SSSR count). The molecule has 1 atom stereocenters. The van der Waals surface area contributed by atoms with E-state index in [2.05, 4.69) is 14.6 Å². The molecule has 3 aromatic rings. The molecule has 0 radical (unpaired) electrons. The van der Waals surface area contributed by atoms with Crippen molar-refractivity contribution in [2.75, 3.05) is 54.0 Å². The predicted molar refractivity (Wildman–Crippen MR) is 140 cm³/mol. The Hall–Kier alpha value is -2.61. The zero-order valence-electron chi connectivity index (χ0n) is 19.5. The van der Waals surface area contributed by atoms with E-state index in [9.17, 15) is 22.2 Å². The number of aromatic nitrogens is 1. The third-order valence-electron chi connectivity index (χ3n) is 5.51. The molecule has 0 saturated carbocycles. The Morgan fingerprint density at radius 2 is 1.78 bits per heavy atom. The highest BCUT2D eigenvalue weighted by atomic mass is 32.2. The van der Waals surface area contributed by atoms with E-state index in [0.29, 0.717) is 48.2 Å². The molecule has 1 amide bonds. The van der Waals surface area contributed by atoms with Crippen molar-refractivity contribution in [3.63, 3.8) is 0 Å². The Bertz CT molecular complexity index is 1230. The van der Waals surface area contributed by atoms with Crippen LogP contribution in [0.1, 0.15) is 16.1 Å². The van der Waals surface area contributed by atoms with Crippen LogP contribution in [0.2, 0.25) is 0 Å². The number of carbonyl (C=O) groups excluding carboxylic acids is 1. The van der Waals surface area contributed by atoms with E-state index >= 15 is 0 Å². The van der Waals surface area contributed by atoms with Crippen LogP contribution in [0.25, 0.3) is 0 Å². The molecule has 1 unspecified atom stereocenters. The SMILES string of the molecule is CN(c1ccccc1C(=O)Nc1ccc(SN2CCN(c3nc(C(F)(F)F)cs3)CC2)cc1)S(C)=O. The first kappa shape index (κ1) is 26.5. The van der Waals surface area contributed by atoms with Gasteiger partial charge in [0.1, 0.15) is 11.0 Å². The number of para-hydroxylation sites is 1. The summed E-state index contributed by atoms with van der Waals surface area (Å²) < 4.78 is 54.0. The van der Waals surface area contributed by atoms with Crippen LogP contribution in [-0.2, 0) is 17.2 Å². The first-order valence-electron chi connectivity index (χ1n) is 10.9. The Balaban J connectivity index is 1.31. The maximum atomic E-state index is 12.8. The molecular weight excluding hydrogens is 531 g/mol. The summed E-state index contributed by atoms with van der Waals surface area (Å²) in [6.07, 6.45) is -2.87. The number of benzene rings is 2. The van der Waals surface area contributed by atoms with Crippen LogP contribution in [0, 0.1) is 0 Å². The van der Waals surface area contributed by atoms with Crippen molar-refractivity contribution in [1.82, 2.24) is 9.29 Å². The minimum absolute atomic E-state index is 0.296. The molecule has 7 nitrogen and oxygen atoms in total. The number of nitrogens with zero attached hydrogens (tertiary/aromatic N) is 4. The van der Waals surface area contributed by atoms with E-state index in [1.807, 2.05) is 29.2 Å². The zero-order chi connectivity index (χ0) is 25.9. The lowest BCUT2D eigenvalue weighted by atomic mass is 10.1. The molecule has 0 bridgehead atoms. The van der Waals surface area contributed by atoms with Gasteiger partial charge in [0, 0.05) is 55.4 Å². The number of thiazole rings is 1. The van der Waals surface area contributed by atoms with Crippen molar-refractivity contribution in [3.05, 3.63) is 65.2 Å². The number of nitrogens with one attached hydrogen (secondary N) is 1. The normalized spacial score (nSPS) is 15.5. The molecule has 2 aromatic carbocycles. The predicted octanol–water partition coefficient (Wildman–Crippen LogP) is 4.97. The number of amides is 1. The number of rotatable bonds is 7. The first-order chi connectivity index (χ1) is 17.1. The second-order valence-corrected chi connectivity index (χ2v) is 11.3. The molecule has 1 aliphatic rings. The number of carbonyl (C=O) groups is 1. The van der Waals surface area contributed by atoms with Crippen molar-refractivity contribution in [1.29, 1.82) is 0 Å². The highest BCUT2D eigenvalue weighted by molar-refractivity contribution is 7.97. The second-order valence-electron chi connectivity index (χ2n) is 7.94. The maximum absolute atomic E-state index is 12.8. The molecule has 36 heavy (non-hydrogen) atoms. The number of halogens is 3. The van der Waals surface area contributed by atoms with Gasteiger partial charge in [-0.3, -0.25) is 9.10 Å². The van der Waals surface area contributed by atoms with Crippen molar-refractivity contribution in [2.45, 2.75) is 11.1 Å². The van der Waals surface area contributed by atoms with Gasteiger partial charge < -0.3 is 10.2 Å². The topological polar surface area (TPSA) is 68.8 Å². The van der Waals surface area contributed by atoms with Crippen molar-refractivity contribution in [3.8, 4) is 0 Å². The summed E-state index contributed by atoms with van der Waals surface area (Å²) in [5.41, 5.74) is 0.791. The lowest BCUT2D eigenvalue weighted by Gasteiger charge is -2.33. The third kappa shape index (κ3) is 6.38. The third-order valence-corrected chi connectivity index (χ3v) is 8.49. The monoisotopic (exact) mass is 555 g/mol. The molecule has 0 aliphatic carbocycles. The van der Waals surface area contributed by atoms with Crippen molar-refractivity contribution in [2.24, 2.45) is 0 Å². The summed E-state index contributed by atoms with van der Waals surface area (Å²) in [5, 5.41) is 4.33. The van der Waals surface area contributed by atoms with Crippen molar-refractivity contribution < 1.29 is 22.2 Å². The quantitative estimate of drug-likeness (QED) is 0.415. The van der Waals surface area contributed by atoms with E-state index in [0.717, 1.165) is 21.6 Å². The average molecular weight is 556 g/mol. The van der Waals surface area contributed by atoms with Gasteiger partial charge in [-0.25, -0.2) is 13.5 Å². The van der Waals surface area contributed by atoms with E-state index in [1.165, 1.54) is 4.31 Å². The van der Waals surface area contributed by atoms with Gasteiger partial charge >= 0.3 is 6.18 Å². The lowest BCUT2D eigenvalue weighted by molar-refractivity contribution is -0.140. The number of anilines is 3. The molecule has 0 spiro atoms. The van der Waals surface area contributed by atoms with Gasteiger partial charge in [0.25, 0.3) is 5.91 Å². The van der Waals surface area contributed by atoms with Crippen LogP contribution >= 0.6 is 23.3 Å². The first-order valence-corrected chi connectivity index (χ1v) is 14.1. The van der Waals surface area contributed by atoms with Gasteiger partial charge in [-0.15, -0.1) is 11.3 Å². The molecular formula is C23H24F3N5O2S3. The van der Waals surface area contributed by atoms with Gasteiger partial charge in [-0.2, -0.15) is 13.2 Å². The molecule has 1 aliphatic heterocycles. The Labute approximate surface area is 218 Å². The molecule has 1 aromatic heterocycles. The summed E-state index contributed by atoms with van der Waals surface area (Å²) in [7, 11) is 0.409. The smallest absolute Gasteiger partial charge is 0.345 e. The zero-order valence-corrected chi connectivity index (χ0v) is 21.9. The summed E-state index contributed by atoms with van der Waals surface area (Å²) in [5.74, 6) is -0.296. The molecule has 192 valence electrons. The van der Waals surface area contributed by atoms with Crippen LogP contribution in [0.15, 0.2) is 58.8 Å². The summed E-state index contributed by atoms with van der Waals surface area (Å²) in [4.78, 5) is 19.4. The number of hydrogen-bond donors (Lipinski definition) is 1. The van der Waals surface area contributed by atoms with Gasteiger partial charge in [0.05, 0.1) is 11.3 Å². The molecule has 1 fully saturated rings. The van der Waals surface area contributed by atoms with Crippen LogP contribution < -0.4 is 14.5 Å². The fraction of sp³-hybridized carbons (Fsp3) is 0.304. The number of piperazine rings is 1. The molecule has 13 heteroatoms. The Kier molecular flexibility index (Phi) is 8.23. The second kappa shape index (κ2) is 11.2. The van der Waals surface area contributed by atoms with Gasteiger partial charge in [-0.05, 0) is 48.3 Å². The lowest BCUT2D eigenvalue weighted by Crippen LogP contribution is -2.43. The minimum atomic E-state index is -4.42. The molecule has 1 saturated heterocycles. The van der Waals surface area contributed by atoms with Gasteiger partial charge in [-0.1, -0.05) is 12.1 Å². The van der Waals surface area contributed by atoms with E-state index in [-0.39, 0.29) is 5.91 Å². The number of alkyl halides is 3. The van der Waals surface area contributed by atoms with Crippen LogP contribution in [0.3, 0.4) is 0 Å². The van der Waals surface area contributed by atoms with Crippen LogP contribution in [0.4, 0.5) is 29.7 Å². The average Bonchev–Trinajstić information content (AvgIpc) is 3.36. The number of hydrogen-bond acceptors (Lipinski definition) is 7. The van der Waals surface area contributed by atoms with E-state index in [4.69, 9.17) is 0 Å². The highest BCUT2D eigenvalue weighted by Gasteiger charge is 2.34. The van der Waals surface area contributed by atoms with Crippen LogP contribution in [0.5, 0.6) is 0 Å². The molecule has 2 heterocycles. The Morgan fingerprint density at radius 3 is 2.39 bits per heavy atom. The maximum Gasteiger partial charge on any atom is 0.434 e. The fourth-order valence-corrected chi connectivity index (χ4v) is 5.76.